The molecule has 0 saturated carbocycles. The maximum atomic E-state index is 10.9. The van der Waals surface area contributed by atoms with E-state index in [0.29, 0.717) is 0 Å². The summed E-state index contributed by atoms with van der Waals surface area (Å²) in [5.74, 6) is 0. The number of aromatic nitrogens is 6. The standard InChI is InChI=1S/C6H7N3O3.C3H3N3O3/c1-2-3-9-5(11)7-4(10)8-6(9)12;7-1-4-2(8)6-3(9)5-1/h2H,1,3H2,(H2,7,8,10,11,12);(H3,4,5,6,7,8,9). The first-order valence-corrected chi connectivity index (χ1v) is 5.20. The van der Waals surface area contributed by atoms with E-state index < -0.39 is 35.1 Å². The molecule has 0 spiro atoms. The fourth-order valence-electron chi connectivity index (χ4n) is 1.09. The maximum Gasteiger partial charge on any atom is 0.333 e. The Morgan fingerprint density at radius 2 is 1.33 bits per heavy atom. The van der Waals surface area contributed by atoms with E-state index in [-0.39, 0.29) is 6.54 Å². The van der Waals surface area contributed by atoms with Gasteiger partial charge in [-0.15, -0.1) is 21.5 Å². The Labute approximate surface area is 114 Å². The van der Waals surface area contributed by atoms with Crippen molar-refractivity contribution in [2.45, 2.75) is 6.54 Å². The van der Waals surface area contributed by atoms with Crippen LogP contribution in [-0.2, 0) is 6.54 Å². The van der Waals surface area contributed by atoms with E-state index in [9.17, 15) is 14.4 Å². The fourth-order valence-corrected chi connectivity index (χ4v) is 1.09. The number of aromatic hydroxyl groups is 3. The van der Waals surface area contributed by atoms with Crippen molar-refractivity contribution in [1.82, 2.24) is 29.5 Å². The van der Waals surface area contributed by atoms with Crippen molar-refractivity contribution in [3.63, 3.8) is 0 Å². The predicted molar refractivity (Wildman–Crippen MR) is 67.0 cm³/mol. The molecule has 0 saturated heterocycles. The summed E-state index contributed by atoms with van der Waals surface area (Å²) in [6.45, 7) is 3.43. The molecule has 0 radical (unpaired) electrons. The van der Waals surface area contributed by atoms with Crippen LogP contribution in [-0.4, -0.2) is 44.8 Å². The highest BCUT2D eigenvalue weighted by molar-refractivity contribution is 5.04. The molecule has 2 aromatic heterocycles. The molecule has 112 valence electrons. The lowest BCUT2D eigenvalue weighted by Crippen LogP contribution is -2.42. The largest absolute Gasteiger partial charge is 0.479 e. The monoisotopic (exact) mass is 298 g/mol. The molecule has 0 aromatic carbocycles. The molecule has 0 unspecified atom stereocenters. The summed E-state index contributed by atoms with van der Waals surface area (Å²) in [6.07, 6.45) is 1.38. The zero-order valence-corrected chi connectivity index (χ0v) is 10.3. The minimum absolute atomic E-state index is 0.0744. The van der Waals surface area contributed by atoms with Crippen LogP contribution in [0.3, 0.4) is 0 Å². The van der Waals surface area contributed by atoms with Gasteiger partial charge in [0.1, 0.15) is 0 Å². The van der Waals surface area contributed by atoms with Crippen molar-refractivity contribution < 1.29 is 15.3 Å². The third kappa shape index (κ3) is 4.62. The quantitative estimate of drug-likeness (QED) is 0.370. The number of allylic oxidation sites excluding steroid dienone is 1. The molecule has 21 heavy (non-hydrogen) atoms. The third-order valence-corrected chi connectivity index (χ3v) is 1.84. The van der Waals surface area contributed by atoms with E-state index in [2.05, 4.69) is 21.5 Å². The molecule has 0 amide bonds. The number of rotatable bonds is 2. The van der Waals surface area contributed by atoms with Gasteiger partial charge in [-0.1, -0.05) is 6.08 Å². The summed E-state index contributed by atoms with van der Waals surface area (Å²) < 4.78 is 0.828. The molecule has 0 aliphatic heterocycles. The van der Waals surface area contributed by atoms with E-state index in [1.54, 1.807) is 0 Å². The highest BCUT2D eigenvalue weighted by Gasteiger charge is 1.99. The van der Waals surface area contributed by atoms with Gasteiger partial charge in [-0.05, 0) is 0 Å². The summed E-state index contributed by atoms with van der Waals surface area (Å²) in [5.41, 5.74) is -2.27. The average Bonchev–Trinajstić information content (AvgIpc) is 2.32. The molecule has 2 rings (SSSR count). The molecule has 0 aliphatic carbocycles. The maximum absolute atomic E-state index is 10.9. The van der Waals surface area contributed by atoms with Crippen molar-refractivity contribution in [3.05, 3.63) is 44.1 Å². The van der Waals surface area contributed by atoms with Crippen molar-refractivity contribution in [2.75, 3.05) is 0 Å². The van der Waals surface area contributed by atoms with Gasteiger partial charge in [0.2, 0.25) is 0 Å². The average molecular weight is 298 g/mol. The van der Waals surface area contributed by atoms with Crippen molar-refractivity contribution in [1.29, 1.82) is 0 Å². The second kappa shape index (κ2) is 6.65. The molecule has 0 aliphatic rings. The van der Waals surface area contributed by atoms with Gasteiger partial charge in [-0.2, -0.15) is 0 Å². The van der Waals surface area contributed by atoms with Crippen molar-refractivity contribution in [3.8, 4) is 18.0 Å². The molecule has 2 heterocycles. The normalized spacial score (nSPS) is 9.52. The lowest BCUT2D eigenvalue weighted by molar-refractivity contribution is 0.344. The molecular formula is C9H10N6O6. The second-order valence-corrected chi connectivity index (χ2v) is 3.32. The van der Waals surface area contributed by atoms with Gasteiger partial charge in [-0.25, -0.2) is 19.0 Å². The predicted octanol–water partition coefficient (Wildman–Crippen LogP) is -2.60. The highest BCUT2D eigenvalue weighted by atomic mass is 16.3. The highest BCUT2D eigenvalue weighted by Crippen LogP contribution is 2.08. The number of H-pyrrole nitrogens is 2. The molecule has 0 bridgehead atoms. The van der Waals surface area contributed by atoms with E-state index >= 15 is 0 Å². The molecule has 0 atom stereocenters. The summed E-state index contributed by atoms with van der Waals surface area (Å²) in [5, 5.41) is 25.2. The molecule has 2 aromatic rings. The van der Waals surface area contributed by atoms with Crippen LogP contribution in [0.2, 0.25) is 0 Å². The number of nitrogens with one attached hydrogen (secondary N) is 2. The van der Waals surface area contributed by atoms with Crippen LogP contribution in [0.25, 0.3) is 0 Å². The van der Waals surface area contributed by atoms with E-state index in [4.69, 9.17) is 15.3 Å². The minimum atomic E-state index is -0.801. The van der Waals surface area contributed by atoms with Crippen LogP contribution in [0.5, 0.6) is 18.0 Å². The Kier molecular flexibility index (Phi) is 4.94. The number of hydrogen-bond donors (Lipinski definition) is 5. The Morgan fingerprint density at radius 1 is 0.952 bits per heavy atom. The summed E-state index contributed by atoms with van der Waals surface area (Å²) >= 11 is 0. The first-order valence-electron chi connectivity index (χ1n) is 5.20. The Hall–Kier alpha value is -3.44. The first-order chi connectivity index (χ1) is 9.83. The zero-order valence-electron chi connectivity index (χ0n) is 10.3. The third-order valence-electron chi connectivity index (χ3n) is 1.84. The molecule has 12 heteroatoms. The fraction of sp³-hybridized carbons (Fsp3) is 0.111. The smallest absolute Gasteiger partial charge is 0.333 e. The van der Waals surface area contributed by atoms with Crippen LogP contribution in [0.1, 0.15) is 0 Å². The molecule has 12 nitrogen and oxygen atoms in total. The van der Waals surface area contributed by atoms with Crippen LogP contribution in [0.4, 0.5) is 0 Å². The van der Waals surface area contributed by atoms with Gasteiger partial charge in [0.25, 0.3) is 0 Å². The lowest BCUT2D eigenvalue weighted by Gasteiger charge is -1.95. The van der Waals surface area contributed by atoms with E-state index in [0.717, 1.165) is 4.57 Å². The van der Waals surface area contributed by atoms with Gasteiger partial charge >= 0.3 is 35.1 Å². The van der Waals surface area contributed by atoms with Crippen molar-refractivity contribution >= 4 is 0 Å². The van der Waals surface area contributed by atoms with Crippen LogP contribution in [0.15, 0.2) is 27.0 Å². The van der Waals surface area contributed by atoms with Crippen LogP contribution < -0.4 is 17.1 Å². The Balaban J connectivity index is 0.000000219. The first kappa shape index (κ1) is 15.6. The number of hydrogen-bond acceptors (Lipinski definition) is 9. The van der Waals surface area contributed by atoms with Crippen LogP contribution >= 0.6 is 0 Å². The zero-order chi connectivity index (χ0) is 16.0. The van der Waals surface area contributed by atoms with Gasteiger partial charge < -0.3 is 15.3 Å². The van der Waals surface area contributed by atoms with Crippen molar-refractivity contribution in [2.24, 2.45) is 0 Å². The van der Waals surface area contributed by atoms with Gasteiger partial charge in [0.15, 0.2) is 0 Å². The summed E-state index contributed by atoms with van der Waals surface area (Å²) in [6, 6.07) is -2.12. The topological polar surface area (TPSA) is 187 Å². The number of aromatic amines is 2. The lowest BCUT2D eigenvalue weighted by atomic mass is 10.6. The van der Waals surface area contributed by atoms with Gasteiger partial charge in [0.05, 0.1) is 6.54 Å². The summed E-state index contributed by atoms with van der Waals surface area (Å²) in [4.78, 5) is 45.0. The number of nitrogens with zero attached hydrogens (tertiary/aromatic N) is 4. The van der Waals surface area contributed by atoms with E-state index in [1.165, 1.54) is 6.08 Å². The van der Waals surface area contributed by atoms with Crippen LogP contribution in [0, 0.1) is 0 Å². The Bertz CT molecular complexity index is 721. The minimum Gasteiger partial charge on any atom is -0.479 e. The Morgan fingerprint density at radius 3 is 1.67 bits per heavy atom. The van der Waals surface area contributed by atoms with Gasteiger partial charge in [0, 0.05) is 0 Å². The molecule has 5 N–H and O–H groups in total. The summed E-state index contributed by atoms with van der Waals surface area (Å²) in [7, 11) is 0. The SMILES string of the molecule is C=CCn1c(=O)[nH]c(=O)[nH]c1=O.Oc1nc(O)nc(O)n1. The molecule has 0 fully saturated rings. The molecular weight excluding hydrogens is 288 g/mol. The van der Waals surface area contributed by atoms with Gasteiger partial charge in [-0.3, -0.25) is 9.97 Å². The van der Waals surface area contributed by atoms with E-state index in [1.807, 2.05) is 9.97 Å². The second-order valence-electron chi connectivity index (χ2n) is 3.32.